The van der Waals surface area contributed by atoms with Crippen molar-refractivity contribution in [3.05, 3.63) is 23.6 Å². The maximum Gasteiger partial charge on any atom is 0.338 e. The van der Waals surface area contributed by atoms with Crippen LogP contribution in [0.5, 0.6) is 0 Å². The van der Waals surface area contributed by atoms with Gasteiger partial charge >= 0.3 is 5.97 Å². The van der Waals surface area contributed by atoms with E-state index in [0.717, 1.165) is 26.2 Å². The van der Waals surface area contributed by atoms with Crippen LogP contribution in [0.15, 0.2) is 12.3 Å². The van der Waals surface area contributed by atoms with Crippen LogP contribution < -0.4 is 4.90 Å². The van der Waals surface area contributed by atoms with Gasteiger partial charge in [0.1, 0.15) is 5.56 Å². The summed E-state index contributed by atoms with van der Waals surface area (Å²) in [6.45, 7) is 4.92. The van der Waals surface area contributed by atoms with Crippen molar-refractivity contribution in [1.29, 1.82) is 0 Å². The Morgan fingerprint density at radius 1 is 1.38 bits per heavy atom. The Labute approximate surface area is 123 Å². The number of halogens is 1. The first-order valence-corrected chi connectivity index (χ1v) is 6.99. The number of pyridine rings is 1. The molecule has 0 saturated carbocycles. The van der Waals surface area contributed by atoms with Crippen LogP contribution in [0.2, 0.25) is 0 Å². The van der Waals surface area contributed by atoms with Crippen LogP contribution in [0.3, 0.4) is 0 Å². The van der Waals surface area contributed by atoms with Crippen LogP contribution >= 0.6 is 0 Å². The van der Waals surface area contributed by atoms with Crippen molar-refractivity contribution in [3.63, 3.8) is 0 Å². The second-order valence-electron chi connectivity index (χ2n) is 5.43. The van der Waals surface area contributed by atoms with E-state index in [9.17, 15) is 9.18 Å². The van der Waals surface area contributed by atoms with Gasteiger partial charge in [-0.3, -0.25) is 4.90 Å². The molecule has 0 spiro atoms. The number of rotatable bonds is 5. The molecule has 2 heterocycles. The van der Waals surface area contributed by atoms with E-state index in [0.29, 0.717) is 13.1 Å². The molecule has 116 valence electrons. The van der Waals surface area contributed by atoms with E-state index in [4.69, 9.17) is 5.11 Å². The maximum atomic E-state index is 14.2. The van der Waals surface area contributed by atoms with E-state index in [1.54, 1.807) is 0 Å². The smallest absolute Gasteiger partial charge is 0.338 e. The lowest BCUT2D eigenvalue weighted by atomic mass is 10.2. The molecule has 21 heavy (non-hydrogen) atoms. The summed E-state index contributed by atoms with van der Waals surface area (Å²) >= 11 is 0. The Morgan fingerprint density at radius 3 is 2.62 bits per heavy atom. The molecule has 7 heteroatoms. The standard InChI is InChI=1S/C14H21FN4O2/c1-17(2)5-6-18-7-9-19(10-8-18)13-12(15)11(14(20)21)3-4-16-13/h3-4H,5-10H2,1-2H3,(H,20,21). The first kappa shape index (κ1) is 15.7. The van der Waals surface area contributed by atoms with Gasteiger partial charge in [-0.25, -0.2) is 14.2 Å². The highest BCUT2D eigenvalue weighted by atomic mass is 19.1. The van der Waals surface area contributed by atoms with Crippen molar-refractivity contribution in [2.24, 2.45) is 0 Å². The third-order valence-corrected chi connectivity index (χ3v) is 3.64. The highest BCUT2D eigenvalue weighted by Crippen LogP contribution is 2.20. The second-order valence-corrected chi connectivity index (χ2v) is 5.43. The summed E-state index contributed by atoms with van der Waals surface area (Å²) in [6.07, 6.45) is 1.35. The van der Waals surface area contributed by atoms with Gasteiger partial charge in [0, 0.05) is 45.5 Å². The molecule has 0 aromatic carbocycles. The molecule has 1 N–H and O–H groups in total. The highest BCUT2D eigenvalue weighted by Gasteiger charge is 2.23. The van der Waals surface area contributed by atoms with Crippen molar-refractivity contribution < 1.29 is 14.3 Å². The van der Waals surface area contributed by atoms with Crippen molar-refractivity contribution >= 4 is 11.8 Å². The minimum atomic E-state index is -1.26. The van der Waals surface area contributed by atoms with E-state index in [2.05, 4.69) is 14.8 Å². The molecule has 0 unspecified atom stereocenters. The minimum Gasteiger partial charge on any atom is -0.478 e. The van der Waals surface area contributed by atoms with E-state index in [1.807, 2.05) is 19.0 Å². The first-order chi connectivity index (χ1) is 9.99. The fourth-order valence-corrected chi connectivity index (χ4v) is 2.34. The molecule has 1 aliphatic heterocycles. The number of nitrogens with zero attached hydrogens (tertiary/aromatic N) is 4. The third-order valence-electron chi connectivity index (χ3n) is 3.64. The van der Waals surface area contributed by atoms with Gasteiger partial charge in [-0.15, -0.1) is 0 Å². The van der Waals surface area contributed by atoms with Gasteiger partial charge in [-0.05, 0) is 20.2 Å². The Morgan fingerprint density at radius 2 is 2.05 bits per heavy atom. The van der Waals surface area contributed by atoms with E-state index >= 15 is 0 Å². The van der Waals surface area contributed by atoms with Crippen LogP contribution in [0.1, 0.15) is 10.4 Å². The lowest BCUT2D eigenvalue weighted by Gasteiger charge is -2.36. The van der Waals surface area contributed by atoms with Crippen LogP contribution in [-0.2, 0) is 0 Å². The third kappa shape index (κ3) is 3.89. The highest BCUT2D eigenvalue weighted by molar-refractivity contribution is 5.88. The van der Waals surface area contributed by atoms with Crippen molar-refractivity contribution in [2.75, 3.05) is 58.3 Å². The molecule has 1 saturated heterocycles. The van der Waals surface area contributed by atoms with Crippen LogP contribution in [0.25, 0.3) is 0 Å². The average molecular weight is 296 g/mol. The van der Waals surface area contributed by atoms with Gasteiger partial charge in [-0.2, -0.15) is 0 Å². The first-order valence-electron chi connectivity index (χ1n) is 6.99. The molecule has 1 aliphatic rings. The van der Waals surface area contributed by atoms with Crippen LogP contribution in [0, 0.1) is 5.82 Å². The predicted molar refractivity (Wildman–Crippen MR) is 78.4 cm³/mol. The Bertz CT molecular complexity index is 502. The SMILES string of the molecule is CN(C)CCN1CCN(c2nccc(C(=O)O)c2F)CC1. The number of anilines is 1. The van der Waals surface area contributed by atoms with E-state index in [1.165, 1.54) is 12.3 Å². The molecule has 0 atom stereocenters. The maximum absolute atomic E-state index is 14.2. The summed E-state index contributed by atoms with van der Waals surface area (Å²) in [6, 6.07) is 1.19. The summed E-state index contributed by atoms with van der Waals surface area (Å²) < 4.78 is 14.2. The summed E-state index contributed by atoms with van der Waals surface area (Å²) in [5.41, 5.74) is -0.324. The molecule has 0 radical (unpaired) electrons. The molecule has 0 amide bonds. The fraction of sp³-hybridized carbons (Fsp3) is 0.571. The largest absolute Gasteiger partial charge is 0.478 e. The van der Waals surface area contributed by atoms with Gasteiger partial charge in [0.05, 0.1) is 0 Å². The fourth-order valence-electron chi connectivity index (χ4n) is 2.34. The van der Waals surface area contributed by atoms with Crippen LogP contribution in [0.4, 0.5) is 10.2 Å². The number of carboxylic acid groups (broad SMARTS) is 1. The number of carbonyl (C=O) groups is 1. The summed E-state index contributed by atoms with van der Waals surface area (Å²) in [5.74, 6) is -1.87. The van der Waals surface area contributed by atoms with Gasteiger partial charge in [0.25, 0.3) is 0 Å². The predicted octanol–water partition coefficient (Wildman–Crippen LogP) is 0.603. The van der Waals surface area contributed by atoms with Gasteiger partial charge in [0.2, 0.25) is 0 Å². The summed E-state index contributed by atoms with van der Waals surface area (Å²) in [5, 5.41) is 8.95. The zero-order valence-corrected chi connectivity index (χ0v) is 12.4. The molecular weight excluding hydrogens is 275 g/mol. The normalized spacial score (nSPS) is 16.5. The molecule has 0 aliphatic carbocycles. The van der Waals surface area contributed by atoms with Crippen LogP contribution in [-0.4, -0.2) is 79.2 Å². The monoisotopic (exact) mass is 296 g/mol. The number of piperazine rings is 1. The quantitative estimate of drug-likeness (QED) is 0.859. The van der Waals surface area contributed by atoms with Gasteiger partial charge < -0.3 is 14.9 Å². The van der Waals surface area contributed by atoms with Crippen molar-refractivity contribution in [3.8, 4) is 0 Å². The van der Waals surface area contributed by atoms with E-state index < -0.39 is 11.8 Å². The van der Waals surface area contributed by atoms with Crippen molar-refractivity contribution in [2.45, 2.75) is 0 Å². The molecule has 1 fully saturated rings. The topological polar surface area (TPSA) is 59.9 Å². The zero-order valence-electron chi connectivity index (χ0n) is 12.4. The summed E-state index contributed by atoms with van der Waals surface area (Å²) in [4.78, 5) is 21.2. The molecule has 1 aromatic rings. The second kappa shape index (κ2) is 6.82. The molecular formula is C14H21FN4O2. The Kier molecular flexibility index (Phi) is 5.08. The average Bonchev–Trinajstić information content (AvgIpc) is 2.45. The van der Waals surface area contributed by atoms with E-state index in [-0.39, 0.29) is 11.4 Å². The minimum absolute atomic E-state index is 0.141. The number of hydrogen-bond acceptors (Lipinski definition) is 5. The number of hydrogen-bond donors (Lipinski definition) is 1. The lowest BCUT2D eigenvalue weighted by molar-refractivity contribution is 0.0691. The number of carboxylic acids is 1. The summed E-state index contributed by atoms with van der Waals surface area (Å²) in [7, 11) is 4.07. The molecule has 1 aromatic heterocycles. The zero-order chi connectivity index (χ0) is 15.4. The number of likely N-dealkylation sites (N-methyl/N-ethyl adjacent to an activating group) is 1. The van der Waals surface area contributed by atoms with Gasteiger partial charge in [-0.1, -0.05) is 0 Å². The van der Waals surface area contributed by atoms with Gasteiger partial charge in [0.15, 0.2) is 11.6 Å². The molecule has 2 rings (SSSR count). The number of aromatic carboxylic acids is 1. The molecule has 0 bridgehead atoms. The Hall–Kier alpha value is -1.73. The lowest BCUT2D eigenvalue weighted by Crippen LogP contribution is -2.48. The van der Waals surface area contributed by atoms with Crippen molar-refractivity contribution in [1.82, 2.24) is 14.8 Å². The Balaban J connectivity index is 1.99. The number of aromatic nitrogens is 1. The molecule has 6 nitrogen and oxygen atoms in total.